The van der Waals surface area contributed by atoms with Crippen LogP contribution in [0.1, 0.15) is 26.7 Å². The predicted molar refractivity (Wildman–Crippen MR) is 56.4 cm³/mol. The molecule has 1 aliphatic heterocycles. The summed E-state index contributed by atoms with van der Waals surface area (Å²) in [5, 5.41) is 3.25. The quantitative estimate of drug-likeness (QED) is 0.550. The Kier molecular flexibility index (Phi) is 3.98. The maximum atomic E-state index is 10.7. The normalized spacial score (nSPS) is 20.6. The minimum Gasteiger partial charge on any atom is -0.430 e. The highest BCUT2D eigenvalue weighted by Gasteiger charge is 2.29. The molecule has 1 rings (SSSR count). The molecule has 1 aliphatic rings. The van der Waals surface area contributed by atoms with Crippen molar-refractivity contribution in [1.29, 1.82) is 0 Å². The van der Waals surface area contributed by atoms with E-state index in [9.17, 15) is 4.79 Å². The molecule has 0 spiro atoms. The van der Waals surface area contributed by atoms with Crippen LogP contribution in [0.3, 0.4) is 0 Å². The minimum atomic E-state index is -0.596. The zero-order chi connectivity index (χ0) is 11.3. The molecule has 0 saturated carbocycles. The van der Waals surface area contributed by atoms with Gasteiger partial charge in [-0.1, -0.05) is 19.8 Å². The lowest BCUT2D eigenvalue weighted by Crippen LogP contribution is -2.46. The first-order chi connectivity index (χ1) is 7.15. The molecule has 1 saturated heterocycles. The van der Waals surface area contributed by atoms with Crippen molar-refractivity contribution in [1.82, 2.24) is 5.32 Å². The van der Waals surface area contributed by atoms with Gasteiger partial charge < -0.3 is 9.47 Å². The number of carbonyl (C=O) groups excluding carboxylic acids is 1. The third kappa shape index (κ3) is 2.87. The van der Waals surface area contributed by atoms with Crippen molar-refractivity contribution in [2.45, 2.75) is 38.3 Å². The monoisotopic (exact) mass is 211 g/mol. The van der Waals surface area contributed by atoms with Gasteiger partial charge in [-0.3, -0.25) is 5.32 Å². The molecule has 4 heteroatoms. The average Bonchev–Trinajstić information content (AvgIpc) is 2.67. The zero-order valence-corrected chi connectivity index (χ0v) is 9.21. The van der Waals surface area contributed by atoms with Crippen molar-refractivity contribution >= 4 is 6.16 Å². The van der Waals surface area contributed by atoms with E-state index in [0.717, 1.165) is 12.8 Å². The zero-order valence-electron chi connectivity index (χ0n) is 9.21. The third-order valence-corrected chi connectivity index (χ3v) is 2.80. The van der Waals surface area contributed by atoms with E-state index in [0.29, 0.717) is 13.2 Å². The van der Waals surface area contributed by atoms with E-state index in [1.165, 1.54) is 0 Å². The van der Waals surface area contributed by atoms with Gasteiger partial charge in [-0.2, -0.15) is 0 Å². The predicted octanol–water partition coefficient (Wildman–Crippen LogP) is 1.30. The summed E-state index contributed by atoms with van der Waals surface area (Å²) in [5.74, 6) is 2.76. The Labute approximate surface area is 90.3 Å². The van der Waals surface area contributed by atoms with E-state index < -0.39 is 6.16 Å². The standard InChI is InChI=1S/C11H17NO3/c1-4-11(5-2,6-3)12-7-9-8-14-10(13)15-9/h1,9,12H,5-8H2,2-3H3. The molecule has 15 heavy (non-hydrogen) atoms. The molecule has 1 atom stereocenters. The van der Waals surface area contributed by atoms with Gasteiger partial charge in [-0.25, -0.2) is 4.79 Å². The van der Waals surface area contributed by atoms with E-state index in [1.54, 1.807) is 0 Å². The number of hydrogen-bond acceptors (Lipinski definition) is 4. The van der Waals surface area contributed by atoms with Crippen molar-refractivity contribution in [2.75, 3.05) is 13.2 Å². The smallest absolute Gasteiger partial charge is 0.430 e. The van der Waals surface area contributed by atoms with Crippen molar-refractivity contribution < 1.29 is 14.3 Å². The van der Waals surface area contributed by atoms with E-state index in [2.05, 4.69) is 16.0 Å². The van der Waals surface area contributed by atoms with Crippen LogP contribution in [0.15, 0.2) is 0 Å². The van der Waals surface area contributed by atoms with Crippen LogP contribution in [0, 0.1) is 12.3 Å². The van der Waals surface area contributed by atoms with Crippen molar-refractivity contribution in [2.24, 2.45) is 0 Å². The Morgan fingerprint density at radius 1 is 1.60 bits per heavy atom. The van der Waals surface area contributed by atoms with Crippen LogP contribution in [0.25, 0.3) is 0 Å². The molecule has 0 bridgehead atoms. The summed E-state index contributed by atoms with van der Waals surface area (Å²) in [4.78, 5) is 10.7. The molecule has 84 valence electrons. The highest BCUT2D eigenvalue weighted by Crippen LogP contribution is 2.14. The molecular weight excluding hydrogens is 194 g/mol. The summed E-state index contributed by atoms with van der Waals surface area (Å²) in [6.45, 7) is 4.92. The fraction of sp³-hybridized carbons (Fsp3) is 0.727. The first-order valence-electron chi connectivity index (χ1n) is 5.22. The summed E-state index contributed by atoms with van der Waals surface area (Å²) >= 11 is 0. The fourth-order valence-corrected chi connectivity index (χ4v) is 1.53. The maximum absolute atomic E-state index is 10.7. The van der Waals surface area contributed by atoms with Crippen LogP contribution in [-0.4, -0.2) is 30.9 Å². The Morgan fingerprint density at radius 3 is 2.67 bits per heavy atom. The van der Waals surface area contributed by atoms with Gasteiger partial charge in [0.05, 0.1) is 5.54 Å². The van der Waals surface area contributed by atoms with Crippen molar-refractivity contribution in [3.05, 3.63) is 0 Å². The number of cyclic esters (lactones) is 2. The summed E-state index contributed by atoms with van der Waals surface area (Å²) in [5.41, 5.74) is -0.297. The highest BCUT2D eigenvalue weighted by atomic mass is 16.8. The number of rotatable bonds is 5. The molecule has 1 N–H and O–H groups in total. The molecule has 1 heterocycles. The highest BCUT2D eigenvalue weighted by molar-refractivity contribution is 5.61. The van der Waals surface area contributed by atoms with Crippen LogP contribution < -0.4 is 5.32 Å². The molecule has 1 unspecified atom stereocenters. The second-order valence-electron chi connectivity index (χ2n) is 3.62. The molecule has 0 radical (unpaired) electrons. The Balaban J connectivity index is 2.41. The lowest BCUT2D eigenvalue weighted by Gasteiger charge is -2.27. The van der Waals surface area contributed by atoms with Crippen LogP contribution in [0.4, 0.5) is 4.79 Å². The average molecular weight is 211 g/mol. The first-order valence-corrected chi connectivity index (χ1v) is 5.22. The van der Waals surface area contributed by atoms with Gasteiger partial charge in [0, 0.05) is 6.54 Å². The van der Waals surface area contributed by atoms with Crippen LogP contribution in [0.5, 0.6) is 0 Å². The molecule has 0 amide bonds. The lowest BCUT2D eigenvalue weighted by molar-refractivity contribution is 0.116. The van der Waals surface area contributed by atoms with Crippen molar-refractivity contribution in [3.63, 3.8) is 0 Å². The van der Waals surface area contributed by atoms with Gasteiger partial charge in [-0.15, -0.1) is 6.42 Å². The van der Waals surface area contributed by atoms with E-state index in [-0.39, 0.29) is 11.6 Å². The molecule has 1 fully saturated rings. The van der Waals surface area contributed by atoms with Gasteiger partial charge in [0.25, 0.3) is 0 Å². The van der Waals surface area contributed by atoms with Gasteiger partial charge in [0.15, 0.2) is 6.10 Å². The largest absolute Gasteiger partial charge is 0.508 e. The maximum Gasteiger partial charge on any atom is 0.508 e. The topological polar surface area (TPSA) is 47.6 Å². The summed E-state index contributed by atoms with van der Waals surface area (Å²) < 4.78 is 9.58. The first kappa shape index (κ1) is 11.9. The fourth-order valence-electron chi connectivity index (χ4n) is 1.53. The number of nitrogens with one attached hydrogen (secondary N) is 1. The van der Waals surface area contributed by atoms with E-state index in [1.807, 2.05) is 13.8 Å². The van der Waals surface area contributed by atoms with Crippen LogP contribution >= 0.6 is 0 Å². The van der Waals surface area contributed by atoms with Gasteiger partial charge in [-0.05, 0) is 12.8 Å². The van der Waals surface area contributed by atoms with Crippen LogP contribution in [-0.2, 0) is 9.47 Å². The molecule has 0 aliphatic carbocycles. The number of hydrogen-bond donors (Lipinski definition) is 1. The molecule has 0 aromatic rings. The lowest BCUT2D eigenvalue weighted by atomic mass is 9.94. The number of carbonyl (C=O) groups is 1. The van der Waals surface area contributed by atoms with E-state index in [4.69, 9.17) is 11.2 Å². The molecular formula is C11H17NO3. The second-order valence-corrected chi connectivity index (χ2v) is 3.62. The Morgan fingerprint density at radius 2 is 2.27 bits per heavy atom. The van der Waals surface area contributed by atoms with Crippen LogP contribution in [0.2, 0.25) is 0 Å². The minimum absolute atomic E-state index is 0.219. The Bertz CT molecular complexity index is 265. The van der Waals surface area contributed by atoms with Gasteiger partial charge in [0.2, 0.25) is 0 Å². The summed E-state index contributed by atoms with van der Waals surface area (Å²) in [6.07, 6.45) is 6.37. The van der Waals surface area contributed by atoms with E-state index >= 15 is 0 Å². The molecule has 4 nitrogen and oxygen atoms in total. The number of ether oxygens (including phenoxy) is 2. The summed E-state index contributed by atoms with van der Waals surface area (Å²) in [7, 11) is 0. The molecule has 0 aromatic carbocycles. The van der Waals surface area contributed by atoms with Crippen molar-refractivity contribution in [3.8, 4) is 12.3 Å². The molecule has 0 aromatic heterocycles. The Hall–Kier alpha value is -1.21. The number of terminal acetylenes is 1. The summed E-state index contributed by atoms with van der Waals surface area (Å²) in [6, 6.07) is 0. The second kappa shape index (κ2) is 5.04. The SMILES string of the molecule is C#CC(CC)(CC)NCC1COC(=O)O1. The third-order valence-electron chi connectivity index (χ3n) is 2.80. The van der Waals surface area contributed by atoms with Gasteiger partial charge in [0.1, 0.15) is 6.61 Å². The van der Waals surface area contributed by atoms with Gasteiger partial charge >= 0.3 is 6.16 Å².